The Morgan fingerprint density at radius 3 is 3.11 bits per heavy atom. The van der Waals surface area contributed by atoms with E-state index >= 15 is 0 Å². The molecule has 0 N–H and O–H groups in total. The van der Waals surface area contributed by atoms with Gasteiger partial charge in [-0.1, -0.05) is 0 Å². The van der Waals surface area contributed by atoms with Gasteiger partial charge >= 0.3 is 0 Å². The van der Waals surface area contributed by atoms with Crippen LogP contribution in [-0.2, 0) is 10.6 Å². The second-order valence-electron chi connectivity index (χ2n) is 5.00. The molecular formula is C13H18ClN3OS. The maximum Gasteiger partial charge on any atom is 0.195 e. The molecular weight excluding hydrogens is 282 g/mol. The third-order valence-corrected chi connectivity index (χ3v) is 4.91. The third-order valence-electron chi connectivity index (χ3n) is 3.90. The van der Waals surface area contributed by atoms with Crippen LogP contribution in [0.3, 0.4) is 0 Å². The molecule has 6 heteroatoms. The molecule has 1 aliphatic rings. The summed E-state index contributed by atoms with van der Waals surface area (Å²) in [6.45, 7) is 3.21. The smallest absolute Gasteiger partial charge is 0.195 e. The largest absolute Gasteiger partial charge is 0.381 e. The first-order valence-corrected chi connectivity index (χ1v) is 7.95. The maximum atomic E-state index is 6.12. The molecule has 0 amide bonds. The summed E-state index contributed by atoms with van der Waals surface area (Å²) in [5.41, 5.74) is 1.10. The quantitative estimate of drug-likeness (QED) is 0.816. The van der Waals surface area contributed by atoms with Crippen LogP contribution in [0, 0.1) is 0 Å². The van der Waals surface area contributed by atoms with E-state index in [1.54, 1.807) is 18.4 Å². The van der Waals surface area contributed by atoms with Gasteiger partial charge in [-0.3, -0.25) is 4.40 Å². The van der Waals surface area contributed by atoms with E-state index < -0.39 is 0 Å². The Hall–Kier alpha value is -0.780. The van der Waals surface area contributed by atoms with E-state index in [9.17, 15) is 0 Å². The molecule has 4 nitrogen and oxygen atoms in total. The van der Waals surface area contributed by atoms with E-state index in [1.807, 2.05) is 11.6 Å². The van der Waals surface area contributed by atoms with E-state index in [-0.39, 0.29) is 0 Å². The molecule has 1 saturated heterocycles. The Labute approximate surface area is 121 Å². The van der Waals surface area contributed by atoms with Crippen LogP contribution < -0.4 is 4.90 Å². The van der Waals surface area contributed by atoms with E-state index in [0.29, 0.717) is 18.0 Å². The Kier molecular flexibility index (Phi) is 3.69. The lowest BCUT2D eigenvalue weighted by Crippen LogP contribution is -2.43. The van der Waals surface area contributed by atoms with Crippen molar-refractivity contribution in [3.8, 4) is 0 Å². The van der Waals surface area contributed by atoms with Crippen LogP contribution in [0.1, 0.15) is 25.5 Å². The van der Waals surface area contributed by atoms with Crippen LogP contribution in [0.25, 0.3) is 4.96 Å². The zero-order chi connectivity index (χ0) is 13.4. The lowest BCUT2D eigenvalue weighted by atomic mass is 10.0. The van der Waals surface area contributed by atoms with Crippen LogP contribution in [0.2, 0.25) is 0 Å². The normalized spacial score (nSPS) is 24.3. The number of ether oxygens (including phenoxy) is 1. The van der Waals surface area contributed by atoms with Gasteiger partial charge in [0.25, 0.3) is 0 Å². The van der Waals surface area contributed by atoms with Crippen molar-refractivity contribution in [3.05, 3.63) is 17.3 Å². The summed E-state index contributed by atoms with van der Waals surface area (Å²) in [5, 5.41) is 2.04. The van der Waals surface area contributed by atoms with E-state index in [1.165, 1.54) is 0 Å². The summed E-state index contributed by atoms with van der Waals surface area (Å²) in [7, 11) is 1.80. The SMILES string of the molecule is COC1CCN(c2nc3sccn3c2CCl)C(C)C1. The van der Waals surface area contributed by atoms with Gasteiger partial charge in [0.1, 0.15) is 0 Å². The molecule has 1 fully saturated rings. The molecule has 0 aliphatic carbocycles. The second-order valence-corrected chi connectivity index (χ2v) is 6.14. The van der Waals surface area contributed by atoms with Gasteiger partial charge in [0.15, 0.2) is 10.8 Å². The van der Waals surface area contributed by atoms with Gasteiger partial charge in [0.05, 0.1) is 17.7 Å². The summed E-state index contributed by atoms with van der Waals surface area (Å²) in [4.78, 5) is 8.14. The molecule has 2 atom stereocenters. The summed E-state index contributed by atoms with van der Waals surface area (Å²) in [5.74, 6) is 1.54. The van der Waals surface area contributed by atoms with Crippen LogP contribution in [-0.4, -0.2) is 35.2 Å². The fourth-order valence-electron chi connectivity index (χ4n) is 2.83. The number of rotatable bonds is 3. The van der Waals surface area contributed by atoms with Crippen molar-refractivity contribution >= 4 is 33.7 Å². The highest BCUT2D eigenvalue weighted by Gasteiger charge is 2.29. The van der Waals surface area contributed by atoms with Gasteiger partial charge in [0, 0.05) is 31.3 Å². The average molecular weight is 300 g/mol. The maximum absolute atomic E-state index is 6.12. The number of hydrogen-bond donors (Lipinski definition) is 0. The van der Waals surface area contributed by atoms with Crippen LogP contribution in [0.15, 0.2) is 11.6 Å². The molecule has 2 aromatic heterocycles. The summed E-state index contributed by atoms with van der Waals surface area (Å²) < 4.78 is 7.57. The monoisotopic (exact) mass is 299 g/mol. The number of fused-ring (bicyclic) bond motifs is 1. The Bertz CT molecular complexity index is 567. The number of halogens is 1. The molecule has 0 saturated carbocycles. The predicted molar refractivity (Wildman–Crippen MR) is 79.5 cm³/mol. The number of imidazole rings is 1. The highest BCUT2D eigenvalue weighted by molar-refractivity contribution is 7.15. The molecule has 3 heterocycles. The fourth-order valence-corrected chi connectivity index (χ4v) is 3.81. The Morgan fingerprint density at radius 2 is 2.42 bits per heavy atom. The molecule has 1 aliphatic heterocycles. The standard InChI is InChI=1S/C13H18ClN3OS/c1-9-7-10(18-2)3-4-16(9)12-11(8-14)17-5-6-19-13(17)15-12/h5-6,9-10H,3-4,7-8H2,1-2H3. The zero-order valence-corrected chi connectivity index (χ0v) is 12.7. The summed E-state index contributed by atoms with van der Waals surface area (Å²) >= 11 is 7.77. The fraction of sp³-hybridized carbons (Fsp3) is 0.615. The van der Waals surface area contributed by atoms with Crippen molar-refractivity contribution in [3.63, 3.8) is 0 Å². The van der Waals surface area contributed by atoms with E-state index in [4.69, 9.17) is 21.3 Å². The molecule has 19 heavy (non-hydrogen) atoms. The minimum absolute atomic E-state index is 0.370. The number of hydrogen-bond acceptors (Lipinski definition) is 4. The predicted octanol–water partition coefficient (Wildman–Crippen LogP) is 3.14. The molecule has 2 aromatic rings. The molecule has 3 rings (SSSR count). The van der Waals surface area contributed by atoms with Crippen LogP contribution in [0.4, 0.5) is 5.82 Å². The van der Waals surface area contributed by atoms with E-state index in [0.717, 1.165) is 35.9 Å². The number of nitrogens with zero attached hydrogens (tertiary/aromatic N) is 3. The van der Waals surface area contributed by atoms with Gasteiger partial charge in [-0.25, -0.2) is 4.98 Å². The molecule has 0 spiro atoms. The number of aromatic nitrogens is 2. The molecule has 0 radical (unpaired) electrons. The second kappa shape index (κ2) is 5.31. The first kappa shape index (κ1) is 13.2. The van der Waals surface area contributed by atoms with Crippen molar-refractivity contribution in [1.82, 2.24) is 9.38 Å². The Morgan fingerprint density at radius 1 is 1.58 bits per heavy atom. The third kappa shape index (κ3) is 2.24. The van der Waals surface area contributed by atoms with Crippen molar-refractivity contribution in [2.75, 3.05) is 18.6 Å². The molecule has 0 aromatic carbocycles. The van der Waals surface area contributed by atoms with Crippen molar-refractivity contribution in [2.45, 2.75) is 37.8 Å². The van der Waals surface area contributed by atoms with Crippen molar-refractivity contribution < 1.29 is 4.74 Å². The van der Waals surface area contributed by atoms with Crippen LogP contribution >= 0.6 is 22.9 Å². The minimum Gasteiger partial charge on any atom is -0.381 e. The average Bonchev–Trinajstić information content (AvgIpc) is 2.98. The van der Waals surface area contributed by atoms with Gasteiger partial charge in [-0.05, 0) is 19.8 Å². The first-order chi connectivity index (χ1) is 9.24. The number of anilines is 1. The molecule has 2 unspecified atom stereocenters. The Balaban J connectivity index is 1.93. The van der Waals surface area contributed by atoms with Crippen LogP contribution in [0.5, 0.6) is 0 Å². The van der Waals surface area contributed by atoms with Gasteiger partial charge in [-0.15, -0.1) is 22.9 Å². The topological polar surface area (TPSA) is 29.8 Å². The number of alkyl halides is 1. The van der Waals surface area contributed by atoms with Gasteiger partial charge < -0.3 is 9.64 Å². The lowest BCUT2D eigenvalue weighted by molar-refractivity contribution is 0.0719. The van der Waals surface area contributed by atoms with Crippen molar-refractivity contribution in [2.24, 2.45) is 0 Å². The summed E-state index contributed by atoms with van der Waals surface area (Å²) in [6.07, 6.45) is 4.51. The number of thiazole rings is 1. The highest BCUT2D eigenvalue weighted by atomic mass is 35.5. The number of piperidine rings is 1. The first-order valence-electron chi connectivity index (χ1n) is 6.54. The highest BCUT2D eigenvalue weighted by Crippen LogP contribution is 2.31. The lowest BCUT2D eigenvalue weighted by Gasteiger charge is -2.37. The van der Waals surface area contributed by atoms with Gasteiger partial charge in [0.2, 0.25) is 0 Å². The number of methoxy groups -OCH3 is 1. The molecule has 0 bridgehead atoms. The van der Waals surface area contributed by atoms with Crippen molar-refractivity contribution in [1.29, 1.82) is 0 Å². The van der Waals surface area contributed by atoms with E-state index in [2.05, 4.69) is 16.2 Å². The van der Waals surface area contributed by atoms with Gasteiger partial charge in [-0.2, -0.15) is 0 Å². The minimum atomic E-state index is 0.370. The molecule has 104 valence electrons. The zero-order valence-electron chi connectivity index (χ0n) is 11.2. The summed E-state index contributed by atoms with van der Waals surface area (Å²) in [6, 6.07) is 0.435.